The van der Waals surface area contributed by atoms with E-state index >= 15 is 0 Å². The predicted molar refractivity (Wildman–Crippen MR) is 88.3 cm³/mol. The minimum atomic E-state index is 0.0281. The summed E-state index contributed by atoms with van der Waals surface area (Å²) in [5.74, 6) is 0. The molecule has 0 saturated heterocycles. The Labute approximate surface area is 133 Å². The largest absolute Gasteiger partial charge is 0.392 e. The van der Waals surface area contributed by atoms with E-state index in [2.05, 4.69) is 27.8 Å². The van der Waals surface area contributed by atoms with E-state index < -0.39 is 0 Å². The Morgan fingerprint density at radius 1 is 1.20 bits per heavy atom. The maximum absolute atomic E-state index is 9.49. The van der Waals surface area contributed by atoms with Gasteiger partial charge in [-0.25, -0.2) is 0 Å². The van der Waals surface area contributed by atoms with Crippen LogP contribution in [0, 0.1) is 0 Å². The first-order valence-electron chi connectivity index (χ1n) is 6.40. The molecule has 0 radical (unpaired) electrons. The van der Waals surface area contributed by atoms with E-state index in [1.54, 1.807) is 0 Å². The lowest BCUT2D eigenvalue weighted by atomic mass is 10.1. The molecule has 0 aliphatic heterocycles. The minimum absolute atomic E-state index is 0.0281. The highest BCUT2D eigenvalue weighted by Gasteiger charge is 2.15. The number of nitrogens with zero attached hydrogens (tertiary/aromatic N) is 1. The fourth-order valence-electron chi connectivity index (χ4n) is 2.17. The Morgan fingerprint density at radius 3 is 2.45 bits per heavy atom. The van der Waals surface area contributed by atoms with Gasteiger partial charge < -0.3 is 10.0 Å². The molecule has 0 spiro atoms. The smallest absolute Gasteiger partial charge is 0.0702 e. The van der Waals surface area contributed by atoms with Crippen molar-refractivity contribution in [2.24, 2.45) is 0 Å². The molecule has 2 nitrogen and oxygen atoms in total. The molecule has 20 heavy (non-hydrogen) atoms. The molecule has 0 fully saturated rings. The second-order valence-electron chi connectivity index (χ2n) is 4.77. The van der Waals surface area contributed by atoms with E-state index in [0.717, 1.165) is 20.7 Å². The third-order valence-electron chi connectivity index (χ3n) is 3.53. The zero-order valence-corrected chi connectivity index (χ0v) is 13.8. The van der Waals surface area contributed by atoms with Crippen molar-refractivity contribution in [2.45, 2.75) is 19.6 Å². The van der Waals surface area contributed by atoms with Crippen LogP contribution < -0.4 is 4.90 Å². The summed E-state index contributed by atoms with van der Waals surface area (Å²) in [7, 11) is 2.03. The Morgan fingerprint density at radius 2 is 1.85 bits per heavy atom. The van der Waals surface area contributed by atoms with Crippen molar-refractivity contribution in [1.82, 2.24) is 0 Å². The lowest BCUT2D eigenvalue weighted by molar-refractivity contribution is 0.282. The molecular weight excluding hydrogens is 338 g/mol. The lowest BCUT2D eigenvalue weighted by Gasteiger charge is -2.29. The summed E-state index contributed by atoms with van der Waals surface area (Å²) in [6.07, 6.45) is 0. The Bertz CT molecular complexity index is 586. The maximum Gasteiger partial charge on any atom is 0.0702 e. The van der Waals surface area contributed by atoms with Gasteiger partial charge in [0.25, 0.3) is 0 Å². The molecule has 2 rings (SSSR count). The van der Waals surface area contributed by atoms with E-state index in [1.807, 2.05) is 49.5 Å². The number of benzene rings is 2. The third kappa shape index (κ3) is 3.35. The highest BCUT2D eigenvalue weighted by Crippen LogP contribution is 2.31. The molecular formula is C16H17BrClNO. The molecule has 1 N–H and O–H groups in total. The molecule has 0 heterocycles. The third-order valence-corrected chi connectivity index (χ3v) is 4.28. The zero-order valence-electron chi connectivity index (χ0n) is 11.5. The summed E-state index contributed by atoms with van der Waals surface area (Å²) in [6, 6.07) is 13.9. The van der Waals surface area contributed by atoms with Crippen molar-refractivity contribution in [3.05, 3.63) is 63.1 Å². The summed E-state index contributed by atoms with van der Waals surface area (Å²) >= 11 is 9.41. The van der Waals surface area contributed by atoms with Crippen molar-refractivity contribution >= 4 is 33.2 Å². The van der Waals surface area contributed by atoms with Crippen LogP contribution in [0.1, 0.15) is 24.1 Å². The van der Waals surface area contributed by atoms with Gasteiger partial charge in [-0.15, -0.1) is 0 Å². The molecule has 106 valence electrons. The first kappa shape index (κ1) is 15.4. The molecule has 1 atom stereocenters. The van der Waals surface area contributed by atoms with E-state index in [4.69, 9.17) is 11.6 Å². The SMILES string of the molecule is CC(c1ccc(Cl)cc1)N(C)c1cc(Br)ccc1CO. The average Bonchev–Trinajstić information content (AvgIpc) is 2.46. The first-order chi connectivity index (χ1) is 9.52. The van der Waals surface area contributed by atoms with E-state index in [9.17, 15) is 5.11 Å². The Kier molecular flexibility index (Phi) is 5.08. The van der Waals surface area contributed by atoms with Gasteiger partial charge in [-0.2, -0.15) is 0 Å². The number of hydrogen-bond donors (Lipinski definition) is 1. The van der Waals surface area contributed by atoms with Crippen molar-refractivity contribution in [1.29, 1.82) is 0 Å². The van der Waals surface area contributed by atoms with E-state index in [-0.39, 0.29) is 12.6 Å². The summed E-state index contributed by atoms with van der Waals surface area (Å²) in [5, 5.41) is 10.2. The molecule has 2 aromatic carbocycles. The minimum Gasteiger partial charge on any atom is -0.392 e. The Balaban J connectivity index is 2.32. The van der Waals surface area contributed by atoms with Crippen LogP contribution in [0.25, 0.3) is 0 Å². The molecule has 2 aromatic rings. The van der Waals surface area contributed by atoms with Crippen LogP contribution in [0.2, 0.25) is 5.02 Å². The summed E-state index contributed by atoms with van der Waals surface area (Å²) in [4.78, 5) is 2.15. The van der Waals surface area contributed by atoms with Gasteiger partial charge in [0.1, 0.15) is 0 Å². The van der Waals surface area contributed by atoms with Crippen molar-refractivity contribution in [2.75, 3.05) is 11.9 Å². The Hall–Kier alpha value is -1.03. The summed E-state index contributed by atoms with van der Waals surface area (Å²) in [6.45, 7) is 2.16. The number of anilines is 1. The van der Waals surface area contributed by atoms with Crippen LogP contribution >= 0.6 is 27.5 Å². The second-order valence-corrected chi connectivity index (χ2v) is 6.12. The fourth-order valence-corrected chi connectivity index (χ4v) is 2.65. The standard InChI is InChI=1S/C16H17BrClNO/c1-11(12-4-7-15(18)8-5-12)19(2)16-9-14(17)6-3-13(16)10-20/h3-9,11,20H,10H2,1-2H3. The normalized spacial score (nSPS) is 12.2. The average molecular weight is 355 g/mol. The van der Waals surface area contributed by atoms with Gasteiger partial charge >= 0.3 is 0 Å². The molecule has 0 saturated carbocycles. The summed E-state index contributed by atoms with van der Waals surface area (Å²) < 4.78 is 1.000. The van der Waals surface area contributed by atoms with Crippen molar-refractivity contribution < 1.29 is 5.11 Å². The van der Waals surface area contributed by atoms with Gasteiger partial charge in [0.2, 0.25) is 0 Å². The molecule has 1 unspecified atom stereocenters. The fraction of sp³-hybridized carbons (Fsp3) is 0.250. The topological polar surface area (TPSA) is 23.5 Å². The van der Waals surface area contributed by atoms with Crippen LogP contribution in [0.5, 0.6) is 0 Å². The van der Waals surface area contributed by atoms with Crippen LogP contribution in [0.3, 0.4) is 0 Å². The van der Waals surface area contributed by atoms with Crippen LogP contribution in [-0.2, 0) is 6.61 Å². The molecule has 4 heteroatoms. The molecule has 0 aromatic heterocycles. The lowest BCUT2D eigenvalue weighted by Crippen LogP contribution is -2.22. The number of rotatable bonds is 4. The van der Waals surface area contributed by atoms with E-state index in [1.165, 1.54) is 5.56 Å². The highest BCUT2D eigenvalue weighted by atomic mass is 79.9. The van der Waals surface area contributed by atoms with Crippen LogP contribution in [0.15, 0.2) is 46.9 Å². The maximum atomic E-state index is 9.49. The van der Waals surface area contributed by atoms with Gasteiger partial charge in [0.05, 0.1) is 12.6 Å². The molecule has 0 aliphatic rings. The van der Waals surface area contributed by atoms with Crippen LogP contribution in [-0.4, -0.2) is 12.2 Å². The zero-order chi connectivity index (χ0) is 14.7. The van der Waals surface area contributed by atoms with E-state index in [0.29, 0.717) is 0 Å². The van der Waals surface area contributed by atoms with Gasteiger partial charge in [-0.3, -0.25) is 0 Å². The summed E-state index contributed by atoms with van der Waals surface area (Å²) in [5.41, 5.74) is 3.11. The number of halogens is 2. The highest BCUT2D eigenvalue weighted by molar-refractivity contribution is 9.10. The number of aliphatic hydroxyl groups excluding tert-OH is 1. The molecule has 0 bridgehead atoms. The van der Waals surface area contributed by atoms with Gasteiger partial charge in [-0.1, -0.05) is 45.7 Å². The van der Waals surface area contributed by atoms with Crippen LogP contribution in [0.4, 0.5) is 5.69 Å². The molecule has 0 amide bonds. The number of aliphatic hydroxyl groups is 1. The van der Waals surface area contributed by atoms with Crippen molar-refractivity contribution in [3.63, 3.8) is 0 Å². The monoisotopic (exact) mass is 353 g/mol. The van der Waals surface area contributed by atoms with Crippen molar-refractivity contribution in [3.8, 4) is 0 Å². The quantitative estimate of drug-likeness (QED) is 0.853. The predicted octanol–water partition coefficient (Wildman–Crippen LogP) is 4.79. The van der Waals surface area contributed by atoms with Gasteiger partial charge in [0.15, 0.2) is 0 Å². The molecule has 0 aliphatic carbocycles. The first-order valence-corrected chi connectivity index (χ1v) is 7.57. The number of hydrogen-bond acceptors (Lipinski definition) is 2. The second kappa shape index (κ2) is 6.61. The van der Waals surface area contributed by atoms with Gasteiger partial charge in [-0.05, 0) is 36.8 Å². The van der Waals surface area contributed by atoms with Gasteiger partial charge in [0, 0.05) is 27.8 Å².